The van der Waals surface area contributed by atoms with Crippen molar-refractivity contribution in [3.8, 4) is 0 Å². The van der Waals surface area contributed by atoms with Gasteiger partial charge in [-0.25, -0.2) is 0 Å². The van der Waals surface area contributed by atoms with Gasteiger partial charge < -0.3 is 5.32 Å². The molecule has 0 saturated heterocycles. The molecular weight excluding hydrogens is 314 g/mol. The van der Waals surface area contributed by atoms with Gasteiger partial charge in [0, 0.05) is 16.6 Å². The van der Waals surface area contributed by atoms with Crippen LogP contribution in [0.15, 0.2) is 40.9 Å². The number of amides is 1. The van der Waals surface area contributed by atoms with Crippen molar-refractivity contribution in [3.63, 3.8) is 0 Å². The SMILES string of the molecule is O=C(CC1CCCC1)Nc1ccc2cc(Br)ccc2c1. The lowest BCUT2D eigenvalue weighted by Gasteiger charge is -2.10. The molecule has 0 bridgehead atoms. The maximum absolute atomic E-state index is 12.0. The Hall–Kier alpha value is -1.35. The summed E-state index contributed by atoms with van der Waals surface area (Å²) in [7, 11) is 0. The Balaban J connectivity index is 1.70. The van der Waals surface area contributed by atoms with Crippen LogP contribution in [-0.4, -0.2) is 5.91 Å². The summed E-state index contributed by atoms with van der Waals surface area (Å²) in [6.07, 6.45) is 5.64. The molecule has 1 aliphatic rings. The van der Waals surface area contributed by atoms with Gasteiger partial charge in [0.25, 0.3) is 0 Å². The fraction of sp³-hybridized carbons (Fsp3) is 0.353. The lowest BCUT2D eigenvalue weighted by atomic mass is 10.0. The number of anilines is 1. The second-order valence-electron chi connectivity index (χ2n) is 5.61. The van der Waals surface area contributed by atoms with Crippen molar-refractivity contribution < 1.29 is 4.79 Å². The summed E-state index contributed by atoms with van der Waals surface area (Å²) >= 11 is 3.47. The van der Waals surface area contributed by atoms with Crippen molar-refractivity contribution in [2.24, 2.45) is 5.92 Å². The molecule has 1 amide bonds. The molecule has 0 atom stereocenters. The molecule has 1 fully saturated rings. The molecule has 0 spiro atoms. The maximum Gasteiger partial charge on any atom is 0.224 e. The van der Waals surface area contributed by atoms with E-state index in [1.54, 1.807) is 0 Å². The summed E-state index contributed by atoms with van der Waals surface area (Å²) in [6, 6.07) is 12.2. The highest BCUT2D eigenvalue weighted by Gasteiger charge is 2.18. The number of carbonyl (C=O) groups excluding carboxylic acids is 1. The van der Waals surface area contributed by atoms with E-state index in [-0.39, 0.29) is 5.91 Å². The lowest BCUT2D eigenvalue weighted by molar-refractivity contribution is -0.117. The van der Waals surface area contributed by atoms with Crippen LogP contribution in [0, 0.1) is 5.92 Å². The highest BCUT2D eigenvalue weighted by atomic mass is 79.9. The third-order valence-corrected chi connectivity index (χ3v) is 4.53. The van der Waals surface area contributed by atoms with Crippen LogP contribution in [0.25, 0.3) is 10.8 Å². The van der Waals surface area contributed by atoms with E-state index in [0.717, 1.165) is 15.5 Å². The van der Waals surface area contributed by atoms with Crippen molar-refractivity contribution in [1.82, 2.24) is 0 Å². The quantitative estimate of drug-likeness (QED) is 0.830. The number of rotatable bonds is 3. The van der Waals surface area contributed by atoms with Crippen LogP contribution < -0.4 is 5.32 Å². The van der Waals surface area contributed by atoms with Gasteiger partial charge in [-0.2, -0.15) is 0 Å². The lowest BCUT2D eigenvalue weighted by Crippen LogP contribution is -2.15. The summed E-state index contributed by atoms with van der Waals surface area (Å²) in [5, 5.41) is 5.34. The molecule has 3 rings (SSSR count). The number of halogens is 1. The molecule has 2 aromatic rings. The predicted molar refractivity (Wildman–Crippen MR) is 86.9 cm³/mol. The maximum atomic E-state index is 12.0. The molecule has 2 aromatic carbocycles. The Morgan fingerprint density at radius 3 is 2.60 bits per heavy atom. The van der Waals surface area contributed by atoms with Crippen molar-refractivity contribution in [3.05, 3.63) is 40.9 Å². The second kappa shape index (κ2) is 5.96. The third kappa shape index (κ3) is 3.21. The number of fused-ring (bicyclic) bond motifs is 1. The molecule has 104 valence electrons. The summed E-state index contributed by atoms with van der Waals surface area (Å²) in [4.78, 5) is 12.0. The van der Waals surface area contributed by atoms with Gasteiger partial charge in [-0.05, 0) is 53.8 Å². The first-order chi connectivity index (χ1) is 9.70. The molecule has 0 heterocycles. The number of nitrogens with one attached hydrogen (secondary N) is 1. The minimum atomic E-state index is 0.147. The van der Waals surface area contributed by atoms with E-state index >= 15 is 0 Å². The van der Waals surface area contributed by atoms with Crippen molar-refractivity contribution in [1.29, 1.82) is 0 Å². The molecule has 0 aliphatic heterocycles. The summed E-state index contributed by atoms with van der Waals surface area (Å²) in [6.45, 7) is 0. The van der Waals surface area contributed by atoms with E-state index in [9.17, 15) is 4.79 Å². The molecule has 1 aliphatic carbocycles. The Bertz CT molecular complexity index is 632. The normalized spacial score (nSPS) is 15.7. The van der Waals surface area contributed by atoms with Crippen LogP contribution in [0.2, 0.25) is 0 Å². The zero-order valence-electron chi connectivity index (χ0n) is 11.4. The van der Waals surface area contributed by atoms with Crippen LogP contribution >= 0.6 is 15.9 Å². The van der Waals surface area contributed by atoms with Gasteiger partial charge in [-0.15, -0.1) is 0 Å². The van der Waals surface area contributed by atoms with Crippen molar-refractivity contribution in [2.45, 2.75) is 32.1 Å². The molecular formula is C17H18BrNO. The predicted octanol–water partition coefficient (Wildman–Crippen LogP) is 5.12. The van der Waals surface area contributed by atoms with E-state index in [1.165, 1.54) is 31.1 Å². The van der Waals surface area contributed by atoms with Crippen LogP contribution in [0.5, 0.6) is 0 Å². The third-order valence-electron chi connectivity index (χ3n) is 4.03. The van der Waals surface area contributed by atoms with Gasteiger partial charge in [-0.3, -0.25) is 4.79 Å². The molecule has 0 aromatic heterocycles. The smallest absolute Gasteiger partial charge is 0.224 e. The van der Waals surface area contributed by atoms with Crippen LogP contribution in [-0.2, 0) is 4.79 Å². The van der Waals surface area contributed by atoms with Gasteiger partial charge >= 0.3 is 0 Å². The van der Waals surface area contributed by atoms with E-state index < -0.39 is 0 Å². The Labute approximate surface area is 127 Å². The highest BCUT2D eigenvalue weighted by Crippen LogP contribution is 2.28. The Morgan fingerprint density at radius 2 is 1.80 bits per heavy atom. The topological polar surface area (TPSA) is 29.1 Å². The van der Waals surface area contributed by atoms with Crippen LogP contribution in [0.4, 0.5) is 5.69 Å². The van der Waals surface area contributed by atoms with Gasteiger partial charge in [0.2, 0.25) is 5.91 Å². The number of carbonyl (C=O) groups is 1. The van der Waals surface area contributed by atoms with Crippen LogP contribution in [0.3, 0.4) is 0 Å². The average molecular weight is 332 g/mol. The fourth-order valence-corrected chi connectivity index (χ4v) is 3.36. The zero-order chi connectivity index (χ0) is 13.9. The minimum absolute atomic E-state index is 0.147. The first-order valence-electron chi connectivity index (χ1n) is 7.20. The number of benzene rings is 2. The van der Waals surface area contributed by atoms with Crippen molar-refractivity contribution >= 4 is 38.3 Å². The van der Waals surface area contributed by atoms with Gasteiger partial charge in [0.1, 0.15) is 0 Å². The minimum Gasteiger partial charge on any atom is -0.326 e. The Kier molecular flexibility index (Phi) is 4.06. The fourth-order valence-electron chi connectivity index (χ4n) is 2.98. The first kappa shape index (κ1) is 13.6. The zero-order valence-corrected chi connectivity index (χ0v) is 12.9. The number of hydrogen-bond donors (Lipinski definition) is 1. The average Bonchev–Trinajstić information content (AvgIpc) is 2.91. The van der Waals surface area contributed by atoms with E-state index in [2.05, 4.69) is 33.4 Å². The molecule has 3 heteroatoms. The standard InChI is InChI=1S/C17H18BrNO/c18-15-7-5-14-11-16(8-6-13(14)10-15)19-17(20)9-12-3-1-2-4-12/h5-8,10-12H,1-4,9H2,(H,19,20). The summed E-state index contributed by atoms with van der Waals surface area (Å²) < 4.78 is 1.07. The number of hydrogen-bond acceptors (Lipinski definition) is 1. The van der Waals surface area contributed by atoms with E-state index in [4.69, 9.17) is 0 Å². The molecule has 1 saturated carbocycles. The second-order valence-corrected chi connectivity index (χ2v) is 6.52. The van der Waals surface area contributed by atoms with E-state index in [0.29, 0.717) is 12.3 Å². The van der Waals surface area contributed by atoms with Gasteiger partial charge in [-0.1, -0.05) is 40.9 Å². The Morgan fingerprint density at radius 1 is 1.10 bits per heavy atom. The first-order valence-corrected chi connectivity index (χ1v) is 7.99. The van der Waals surface area contributed by atoms with Gasteiger partial charge in [0.05, 0.1) is 0 Å². The summed E-state index contributed by atoms with van der Waals surface area (Å²) in [5.41, 5.74) is 0.891. The van der Waals surface area contributed by atoms with Crippen molar-refractivity contribution in [2.75, 3.05) is 5.32 Å². The monoisotopic (exact) mass is 331 g/mol. The van der Waals surface area contributed by atoms with Gasteiger partial charge in [0.15, 0.2) is 0 Å². The molecule has 0 unspecified atom stereocenters. The van der Waals surface area contributed by atoms with E-state index in [1.807, 2.05) is 24.3 Å². The molecule has 0 radical (unpaired) electrons. The molecule has 20 heavy (non-hydrogen) atoms. The largest absolute Gasteiger partial charge is 0.326 e. The molecule has 1 N–H and O–H groups in total. The summed E-state index contributed by atoms with van der Waals surface area (Å²) in [5.74, 6) is 0.736. The van der Waals surface area contributed by atoms with Crippen LogP contribution in [0.1, 0.15) is 32.1 Å². The highest BCUT2D eigenvalue weighted by molar-refractivity contribution is 9.10. The molecule has 2 nitrogen and oxygen atoms in total.